The van der Waals surface area contributed by atoms with E-state index in [2.05, 4.69) is 15.3 Å². The Bertz CT molecular complexity index is 446. The van der Waals surface area contributed by atoms with Gasteiger partial charge in [0.1, 0.15) is 0 Å². The fourth-order valence-electron chi connectivity index (χ4n) is 1.27. The highest BCUT2D eigenvalue weighted by molar-refractivity contribution is 5.85. The molecule has 0 aliphatic carbocycles. The highest BCUT2D eigenvalue weighted by Gasteiger charge is 2.07. The summed E-state index contributed by atoms with van der Waals surface area (Å²) in [6.45, 7) is 0.703. The van der Waals surface area contributed by atoms with Gasteiger partial charge in [0.25, 0.3) is 0 Å². The molecule has 0 unspecified atom stereocenters. The Hall–Kier alpha value is -2.11. The smallest absolute Gasteiger partial charge is 0.356 e. The Labute approximate surface area is 85.5 Å². The molecule has 0 spiro atoms. The van der Waals surface area contributed by atoms with Crippen molar-refractivity contribution in [1.82, 2.24) is 20.0 Å². The molecule has 0 fully saturated rings. The van der Waals surface area contributed by atoms with Gasteiger partial charge >= 0.3 is 5.97 Å². The normalized spacial score (nSPS) is 10.4. The maximum absolute atomic E-state index is 10.5. The summed E-state index contributed by atoms with van der Waals surface area (Å²) in [6.07, 6.45) is 4.24. The topological polar surface area (TPSA) is 83.8 Å². The van der Waals surface area contributed by atoms with Gasteiger partial charge in [-0.15, -0.1) is 0 Å². The highest BCUT2D eigenvalue weighted by Crippen LogP contribution is 2.01. The number of nitrogens with one attached hydrogen (secondary N) is 1. The van der Waals surface area contributed by atoms with E-state index in [1.165, 1.54) is 6.07 Å². The van der Waals surface area contributed by atoms with Gasteiger partial charge in [0, 0.05) is 31.1 Å². The summed E-state index contributed by atoms with van der Waals surface area (Å²) < 4.78 is 1.78. The molecule has 78 valence electrons. The minimum Gasteiger partial charge on any atom is -0.476 e. The summed E-state index contributed by atoms with van der Waals surface area (Å²) in [5, 5.41) is 19.0. The number of carboxylic acids is 1. The SMILES string of the molecule is O=C(O)c1cc(CCn2cccn2)[nH]n1. The summed E-state index contributed by atoms with van der Waals surface area (Å²) in [5.41, 5.74) is 0.841. The number of carbonyl (C=O) groups is 1. The van der Waals surface area contributed by atoms with E-state index in [1.807, 2.05) is 12.3 Å². The average Bonchev–Trinajstić information content (AvgIpc) is 2.86. The third-order valence-electron chi connectivity index (χ3n) is 2.02. The quantitative estimate of drug-likeness (QED) is 0.765. The Morgan fingerprint density at radius 2 is 2.47 bits per heavy atom. The van der Waals surface area contributed by atoms with Crippen LogP contribution in [-0.2, 0) is 13.0 Å². The van der Waals surface area contributed by atoms with Crippen LogP contribution < -0.4 is 0 Å². The Kier molecular flexibility index (Phi) is 2.49. The van der Waals surface area contributed by atoms with Crippen LogP contribution in [0.25, 0.3) is 0 Å². The van der Waals surface area contributed by atoms with Crippen LogP contribution in [0.15, 0.2) is 24.5 Å². The maximum Gasteiger partial charge on any atom is 0.356 e. The first-order valence-electron chi connectivity index (χ1n) is 4.51. The van der Waals surface area contributed by atoms with E-state index in [-0.39, 0.29) is 5.69 Å². The van der Waals surface area contributed by atoms with Crippen molar-refractivity contribution in [2.75, 3.05) is 0 Å². The van der Waals surface area contributed by atoms with Crippen molar-refractivity contribution < 1.29 is 9.90 Å². The Balaban J connectivity index is 1.96. The van der Waals surface area contributed by atoms with Gasteiger partial charge in [0.05, 0.1) is 0 Å². The molecule has 2 aromatic rings. The van der Waals surface area contributed by atoms with E-state index >= 15 is 0 Å². The minimum absolute atomic E-state index is 0.0467. The van der Waals surface area contributed by atoms with Crippen molar-refractivity contribution in [3.8, 4) is 0 Å². The number of H-pyrrole nitrogens is 1. The number of nitrogens with zero attached hydrogens (tertiary/aromatic N) is 3. The molecule has 2 aromatic heterocycles. The number of carboxylic acid groups (broad SMARTS) is 1. The number of aromatic carboxylic acids is 1. The predicted octanol–water partition coefficient (Wildman–Crippen LogP) is 0.547. The first-order valence-corrected chi connectivity index (χ1v) is 4.51. The summed E-state index contributed by atoms with van der Waals surface area (Å²) in [6, 6.07) is 3.38. The molecule has 0 bridgehead atoms. The molecular weight excluding hydrogens is 196 g/mol. The zero-order valence-electron chi connectivity index (χ0n) is 7.92. The minimum atomic E-state index is -1.02. The van der Waals surface area contributed by atoms with Gasteiger partial charge in [-0.3, -0.25) is 9.78 Å². The van der Waals surface area contributed by atoms with Gasteiger partial charge in [-0.25, -0.2) is 4.79 Å². The number of aromatic amines is 1. The van der Waals surface area contributed by atoms with Crippen LogP contribution >= 0.6 is 0 Å². The van der Waals surface area contributed by atoms with E-state index in [9.17, 15) is 4.79 Å². The average molecular weight is 206 g/mol. The van der Waals surface area contributed by atoms with Crippen LogP contribution in [0.5, 0.6) is 0 Å². The van der Waals surface area contributed by atoms with Crippen LogP contribution in [0.1, 0.15) is 16.2 Å². The van der Waals surface area contributed by atoms with Crippen LogP contribution in [0.4, 0.5) is 0 Å². The molecule has 2 rings (SSSR count). The van der Waals surface area contributed by atoms with Gasteiger partial charge in [0.2, 0.25) is 0 Å². The fraction of sp³-hybridized carbons (Fsp3) is 0.222. The van der Waals surface area contributed by atoms with Gasteiger partial charge in [-0.2, -0.15) is 10.2 Å². The van der Waals surface area contributed by atoms with E-state index in [1.54, 1.807) is 10.9 Å². The summed E-state index contributed by atoms with van der Waals surface area (Å²) in [5.74, 6) is -1.02. The van der Waals surface area contributed by atoms with Crippen molar-refractivity contribution >= 4 is 5.97 Å². The van der Waals surface area contributed by atoms with Crippen molar-refractivity contribution in [2.45, 2.75) is 13.0 Å². The Morgan fingerprint density at radius 3 is 3.07 bits per heavy atom. The van der Waals surface area contributed by atoms with Gasteiger partial charge in [-0.05, 0) is 12.1 Å². The monoisotopic (exact) mass is 206 g/mol. The molecule has 0 saturated carbocycles. The molecule has 0 atom stereocenters. The molecule has 0 saturated heterocycles. The van der Waals surface area contributed by atoms with Crippen molar-refractivity contribution in [1.29, 1.82) is 0 Å². The van der Waals surface area contributed by atoms with E-state index in [0.717, 1.165) is 5.69 Å². The lowest BCUT2D eigenvalue weighted by Crippen LogP contribution is -2.01. The Morgan fingerprint density at radius 1 is 1.60 bits per heavy atom. The predicted molar refractivity (Wildman–Crippen MR) is 51.5 cm³/mol. The number of hydrogen-bond acceptors (Lipinski definition) is 3. The molecule has 15 heavy (non-hydrogen) atoms. The van der Waals surface area contributed by atoms with Gasteiger partial charge in [0.15, 0.2) is 5.69 Å². The summed E-state index contributed by atoms with van der Waals surface area (Å²) in [4.78, 5) is 10.5. The molecule has 6 nitrogen and oxygen atoms in total. The second-order valence-corrected chi connectivity index (χ2v) is 3.10. The van der Waals surface area contributed by atoms with Crippen LogP contribution in [0.2, 0.25) is 0 Å². The van der Waals surface area contributed by atoms with Crippen molar-refractivity contribution in [2.24, 2.45) is 0 Å². The van der Waals surface area contributed by atoms with Crippen LogP contribution in [0.3, 0.4) is 0 Å². The number of hydrogen-bond donors (Lipinski definition) is 2. The van der Waals surface area contributed by atoms with Crippen LogP contribution in [0, 0.1) is 0 Å². The third-order valence-corrected chi connectivity index (χ3v) is 2.02. The number of rotatable bonds is 4. The largest absolute Gasteiger partial charge is 0.476 e. The summed E-state index contributed by atoms with van der Waals surface area (Å²) >= 11 is 0. The molecular formula is C9H10N4O2. The van der Waals surface area contributed by atoms with Gasteiger partial charge < -0.3 is 5.11 Å². The fourth-order valence-corrected chi connectivity index (χ4v) is 1.27. The van der Waals surface area contributed by atoms with Crippen molar-refractivity contribution in [3.05, 3.63) is 35.9 Å². The number of aryl methyl sites for hydroxylation is 2. The maximum atomic E-state index is 10.5. The zero-order valence-corrected chi connectivity index (χ0v) is 7.92. The van der Waals surface area contributed by atoms with Gasteiger partial charge in [-0.1, -0.05) is 0 Å². The molecule has 0 aromatic carbocycles. The second kappa shape index (κ2) is 3.95. The van der Waals surface area contributed by atoms with Crippen LogP contribution in [-0.4, -0.2) is 31.1 Å². The lowest BCUT2D eigenvalue weighted by molar-refractivity contribution is 0.0690. The molecule has 0 aliphatic heterocycles. The molecule has 6 heteroatoms. The standard InChI is InChI=1S/C9H10N4O2/c14-9(15)8-6-7(11-12-8)2-5-13-4-1-3-10-13/h1,3-4,6H,2,5H2,(H,11,12)(H,14,15). The lowest BCUT2D eigenvalue weighted by atomic mass is 10.3. The first-order chi connectivity index (χ1) is 7.25. The van der Waals surface area contributed by atoms with E-state index in [4.69, 9.17) is 5.11 Å². The van der Waals surface area contributed by atoms with E-state index in [0.29, 0.717) is 13.0 Å². The molecule has 2 heterocycles. The van der Waals surface area contributed by atoms with E-state index < -0.39 is 5.97 Å². The first kappa shape index (κ1) is 9.45. The molecule has 0 radical (unpaired) electrons. The summed E-state index contributed by atoms with van der Waals surface area (Å²) in [7, 11) is 0. The molecule has 2 N–H and O–H groups in total. The molecule has 0 aliphatic rings. The zero-order chi connectivity index (χ0) is 10.7. The highest BCUT2D eigenvalue weighted by atomic mass is 16.4. The third kappa shape index (κ3) is 2.22. The van der Waals surface area contributed by atoms with Crippen molar-refractivity contribution in [3.63, 3.8) is 0 Å². The number of aromatic nitrogens is 4. The molecule has 0 amide bonds. The second-order valence-electron chi connectivity index (χ2n) is 3.10. The lowest BCUT2D eigenvalue weighted by Gasteiger charge is -1.97.